The largest absolute Gasteiger partial charge is 0.481 e. The first-order chi connectivity index (χ1) is 8.54. The molecular formula is C12H15FN2O3. The van der Waals surface area contributed by atoms with E-state index in [9.17, 15) is 14.0 Å². The van der Waals surface area contributed by atoms with Crippen LogP contribution in [0.25, 0.3) is 0 Å². The number of carboxylic acid groups (broad SMARTS) is 1. The summed E-state index contributed by atoms with van der Waals surface area (Å²) in [7, 11) is 0. The molecule has 1 aromatic carbocycles. The molecule has 0 fully saturated rings. The predicted molar refractivity (Wildman–Crippen MR) is 64.8 cm³/mol. The van der Waals surface area contributed by atoms with Crippen LogP contribution in [0.4, 0.5) is 14.9 Å². The van der Waals surface area contributed by atoms with E-state index in [1.54, 1.807) is 13.0 Å². The number of carbonyl (C=O) groups excluding carboxylic acids is 1. The molecule has 0 aliphatic rings. The average Bonchev–Trinajstić information content (AvgIpc) is 2.32. The number of benzene rings is 1. The Kier molecular flexibility index (Phi) is 5.10. The number of aliphatic carboxylic acids is 1. The Morgan fingerprint density at radius 3 is 2.61 bits per heavy atom. The molecule has 0 spiro atoms. The number of anilines is 1. The lowest BCUT2D eigenvalue weighted by atomic mass is 10.1. The molecule has 18 heavy (non-hydrogen) atoms. The molecule has 0 aliphatic carbocycles. The van der Waals surface area contributed by atoms with Crippen LogP contribution in [0.3, 0.4) is 0 Å². The Bertz CT molecular complexity index is 437. The van der Waals surface area contributed by atoms with Crippen molar-refractivity contribution < 1.29 is 19.1 Å². The molecule has 0 bridgehead atoms. The van der Waals surface area contributed by atoms with Crippen LogP contribution < -0.4 is 10.6 Å². The smallest absolute Gasteiger partial charge is 0.319 e. The monoisotopic (exact) mass is 254 g/mol. The summed E-state index contributed by atoms with van der Waals surface area (Å²) in [6.45, 7) is 1.72. The Morgan fingerprint density at radius 1 is 1.39 bits per heavy atom. The third-order valence-corrected chi connectivity index (χ3v) is 2.47. The van der Waals surface area contributed by atoms with Gasteiger partial charge >= 0.3 is 12.0 Å². The molecule has 1 aromatic rings. The van der Waals surface area contributed by atoms with Gasteiger partial charge < -0.3 is 15.7 Å². The van der Waals surface area contributed by atoms with E-state index in [1.165, 1.54) is 18.2 Å². The number of hydrogen-bond acceptors (Lipinski definition) is 2. The predicted octanol–water partition coefficient (Wildman–Crippen LogP) is 2.06. The number of nitrogens with one attached hydrogen (secondary N) is 2. The molecule has 2 amide bonds. The maximum atomic E-state index is 13.2. The molecule has 1 atom stereocenters. The number of carboxylic acids is 1. The van der Waals surface area contributed by atoms with Crippen LogP contribution in [0.5, 0.6) is 0 Å². The van der Waals surface area contributed by atoms with Gasteiger partial charge in [0.2, 0.25) is 0 Å². The third-order valence-electron chi connectivity index (χ3n) is 2.47. The van der Waals surface area contributed by atoms with Crippen molar-refractivity contribution in [1.82, 2.24) is 5.32 Å². The molecule has 0 heterocycles. The zero-order chi connectivity index (χ0) is 13.5. The summed E-state index contributed by atoms with van der Waals surface area (Å²) < 4.78 is 13.2. The van der Waals surface area contributed by atoms with Crippen molar-refractivity contribution in [2.45, 2.75) is 13.3 Å². The minimum absolute atomic E-state index is 0.00607. The van der Waals surface area contributed by atoms with Crippen LogP contribution in [0.1, 0.15) is 13.3 Å². The molecule has 0 saturated carbocycles. The van der Waals surface area contributed by atoms with Gasteiger partial charge in [0.15, 0.2) is 0 Å². The van der Waals surface area contributed by atoms with Gasteiger partial charge in [0, 0.05) is 6.54 Å². The first kappa shape index (κ1) is 14.0. The van der Waals surface area contributed by atoms with Gasteiger partial charge in [-0.25, -0.2) is 9.18 Å². The van der Waals surface area contributed by atoms with Gasteiger partial charge in [0.1, 0.15) is 5.82 Å². The minimum atomic E-state index is -0.969. The molecule has 0 aliphatic heterocycles. The highest BCUT2D eigenvalue weighted by atomic mass is 19.1. The summed E-state index contributed by atoms with van der Waals surface area (Å²) >= 11 is 0. The van der Waals surface area contributed by atoms with Gasteiger partial charge in [0.25, 0.3) is 0 Å². The second kappa shape index (κ2) is 6.58. The van der Waals surface area contributed by atoms with E-state index in [4.69, 9.17) is 5.11 Å². The third kappa shape index (κ3) is 4.04. The number of hydrogen-bond donors (Lipinski definition) is 3. The lowest BCUT2D eigenvalue weighted by Crippen LogP contribution is -2.35. The van der Waals surface area contributed by atoms with Gasteiger partial charge in [-0.05, 0) is 18.6 Å². The number of urea groups is 1. The van der Waals surface area contributed by atoms with Crippen molar-refractivity contribution in [2.24, 2.45) is 5.92 Å². The quantitative estimate of drug-likeness (QED) is 0.752. The van der Waals surface area contributed by atoms with Crippen molar-refractivity contribution in [2.75, 3.05) is 11.9 Å². The number of halogens is 1. The fraction of sp³-hybridized carbons (Fsp3) is 0.333. The number of rotatable bonds is 5. The Balaban J connectivity index is 2.48. The first-order valence-electron chi connectivity index (χ1n) is 5.56. The summed E-state index contributed by atoms with van der Waals surface area (Å²) in [5, 5.41) is 13.5. The van der Waals surface area contributed by atoms with E-state index in [1.807, 2.05) is 0 Å². The molecule has 98 valence electrons. The lowest BCUT2D eigenvalue weighted by Gasteiger charge is -2.12. The van der Waals surface area contributed by atoms with Gasteiger partial charge in [-0.2, -0.15) is 0 Å². The summed E-state index contributed by atoms with van der Waals surface area (Å²) in [6, 6.07) is 5.12. The SMILES string of the molecule is CCC(CNC(=O)Nc1ccccc1F)C(=O)O. The van der Waals surface area contributed by atoms with Crippen LogP contribution >= 0.6 is 0 Å². The summed E-state index contributed by atoms with van der Waals surface area (Å²) in [5.74, 6) is -2.15. The topological polar surface area (TPSA) is 78.4 Å². The van der Waals surface area contributed by atoms with Crippen LogP contribution in [0, 0.1) is 11.7 Å². The highest BCUT2D eigenvalue weighted by Crippen LogP contribution is 2.11. The molecular weight excluding hydrogens is 239 g/mol. The van der Waals surface area contributed by atoms with Crippen molar-refractivity contribution >= 4 is 17.7 Å². The first-order valence-corrected chi connectivity index (χ1v) is 5.56. The second-order valence-electron chi connectivity index (χ2n) is 3.76. The number of carbonyl (C=O) groups is 2. The lowest BCUT2D eigenvalue weighted by molar-refractivity contribution is -0.141. The highest BCUT2D eigenvalue weighted by molar-refractivity contribution is 5.89. The molecule has 0 radical (unpaired) electrons. The van der Waals surface area contributed by atoms with E-state index in [2.05, 4.69) is 10.6 Å². The minimum Gasteiger partial charge on any atom is -0.481 e. The molecule has 5 nitrogen and oxygen atoms in total. The summed E-state index contributed by atoms with van der Waals surface area (Å²) in [5.41, 5.74) is 0.0540. The standard InChI is InChI=1S/C12H15FN2O3/c1-2-8(11(16)17)7-14-12(18)15-10-6-4-3-5-9(10)13/h3-6,8H,2,7H2,1H3,(H,16,17)(H2,14,15,18). The Labute approximate surface area is 104 Å². The highest BCUT2D eigenvalue weighted by Gasteiger charge is 2.16. The van der Waals surface area contributed by atoms with Crippen LogP contribution in [0.2, 0.25) is 0 Å². The van der Waals surface area contributed by atoms with Gasteiger partial charge in [-0.1, -0.05) is 19.1 Å². The van der Waals surface area contributed by atoms with E-state index in [0.29, 0.717) is 6.42 Å². The van der Waals surface area contributed by atoms with E-state index >= 15 is 0 Å². The number of amides is 2. The molecule has 1 unspecified atom stereocenters. The normalized spacial score (nSPS) is 11.7. The van der Waals surface area contributed by atoms with Gasteiger partial charge in [-0.3, -0.25) is 4.79 Å². The molecule has 0 aromatic heterocycles. The van der Waals surface area contributed by atoms with Crippen LogP contribution in [-0.4, -0.2) is 23.7 Å². The molecule has 1 rings (SSSR count). The second-order valence-corrected chi connectivity index (χ2v) is 3.76. The van der Waals surface area contributed by atoms with E-state index in [0.717, 1.165) is 0 Å². The van der Waals surface area contributed by atoms with Gasteiger partial charge in [-0.15, -0.1) is 0 Å². The maximum absolute atomic E-state index is 13.2. The maximum Gasteiger partial charge on any atom is 0.319 e. The van der Waals surface area contributed by atoms with Crippen LogP contribution in [0.15, 0.2) is 24.3 Å². The van der Waals surface area contributed by atoms with E-state index in [-0.39, 0.29) is 12.2 Å². The van der Waals surface area contributed by atoms with Crippen molar-refractivity contribution in [1.29, 1.82) is 0 Å². The molecule has 0 saturated heterocycles. The zero-order valence-electron chi connectivity index (χ0n) is 9.94. The van der Waals surface area contributed by atoms with Gasteiger partial charge in [0.05, 0.1) is 11.6 Å². The van der Waals surface area contributed by atoms with Crippen molar-refractivity contribution in [3.8, 4) is 0 Å². The molecule has 6 heteroatoms. The van der Waals surface area contributed by atoms with Crippen LogP contribution in [-0.2, 0) is 4.79 Å². The Morgan fingerprint density at radius 2 is 2.06 bits per heavy atom. The van der Waals surface area contributed by atoms with Crippen molar-refractivity contribution in [3.63, 3.8) is 0 Å². The zero-order valence-corrected chi connectivity index (χ0v) is 9.94. The molecule has 3 N–H and O–H groups in total. The summed E-state index contributed by atoms with van der Waals surface area (Å²) in [6.07, 6.45) is 0.412. The summed E-state index contributed by atoms with van der Waals surface area (Å²) in [4.78, 5) is 22.1. The van der Waals surface area contributed by atoms with Crippen molar-refractivity contribution in [3.05, 3.63) is 30.1 Å². The fourth-order valence-electron chi connectivity index (χ4n) is 1.35. The number of para-hydroxylation sites is 1. The fourth-order valence-corrected chi connectivity index (χ4v) is 1.35. The van der Waals surface area contributed by atoms with E-state index < -0.39 is 23.7 Å². The average molecular weight is 254 g/mol. The Hall–Kier alpha value is -2.11.